The standard InChI is InChI=1S/C18H26N4O3/c19-13-5-3-12(4-6-13)18(24)22-8-7-14(10-22)20-17(23)15-9-16(25-21-15)11-1-2-11/h9,11-14H,1-8,10,19H2,(H,20,23)/t12-,13-,14-/m0/s1. The van der Waals surface area contributed by atoms with Crippen LogP contribution in [-0.2, 0) is 4.79 Å². The maximum atomic E-state index is 12.6. The van der Waals surface area contributed by atoms with Crippen molar-refractivity contribution >= 4 is 11.8 Å². The number of carbonyl (C=O) groups is 2. The molecule has 2 aliphatic carbocycles. The van der Waals surface area contributed by atoms with Crippen molar-refractivity contribution in [2.24, 2.45) is 11.7 Å². The Balaban J connectivity index is 1.28. The van der Waals surface area contributed by atoms with Crippen molar-refractivity contribution in [3.63, 3.8) is 0 Å². The fourth-order valence-electron chi connectivity index (χ4n) is 3.92. The number of amides is 2. The van der Waals surface area contributed by atoms with Crippen molar-refractivity contribution in [1.29, 1.82) is 0 Å². The van der Waals surface area contributed by atoms with E-state index in [0.29, 0.717) is 24.7 Å². The number of nitrogens with zero attached hydrogens (tertiary/aromatic N) is 2. The zero-order chi connectivity index (χ0) is 17.4. The smallest absolute Gasteiger partial charge is 0.273 e. The van der Waals surface area contributed by atoms with Gasteiger partial charge in [0.05, 0.1) is 0 Å². The van der Waals surface area contributed by atoms with Gasteiger partial charge in [-0.25, -0.2) is 0 Å². The Labute approximate surface area is 147 Å². The second kappa shape index (κ2) is 6.78. The molecule has 0 radical (unpaired) electrons. The van der Waals surface area contributed by atoms with Crippen molar-refractivity contribution < 1.29 is 14.1 Å². The first-order valence-corrected chi connectivity index (χ1v) is 9.42. The zero-order valence-electron chi connectivity index (χ0n) is 14.4. The summed E-state index contributed by atoms with van der Waals surface area (Å²) in [7, 11) is 0. The van der Waals surface area contributed by atoms with Crippen LogP contribution in [-0.4, -0.2) is 47.0 Å². The normalized spacial score (nSPS) is 29.6. The van der Waals surface area contributed by atoms with E-state index in [1.165, 1.54) is 0 Å². The van der Waals surface area contributed by atoms with Crippen molar-refractivity contribution in [3.8, 4) is 0 Å². The van der Waals surface area contributed by atoms with E-state index in [1.54, 1.807) is 6.07 Å². The summed E-state index contributed by atoms with van der Waals surface area (Å²) in [6, 6.07) is 1.98. The highest BCUT2D eigenvalue weighted by Crippen LogP contribution is 2.40. The summed E-state index contributed by atoms with van der Waals surface area (Å²) in [6.45, 7) is 1.29. The lowest BCUT2D eigenvalue weighted by atomic mass is 9.85. The van der Waals surface area contributed by atoms with Crippen LogP contribution in [0.25, 0.3) is 0 Å². The molecule has 3 fully saturated rings. The van der Waals surface area contributed by atoms with Gasteiger partial charge in [0.15, 0.2) is 5.69 Å². The first-order chi connectivity index (χ1) is 12.1. The molecule has 2 saturated carbocycles. The topological polar surface area (TPSA) is 101 Å². The first-order valence-electron chi connectivity index (χ1n) is 9.42. The maximum Gasteiger partial charge on any atom is 0.273 e. The summed E-state index contributed by atoms with van der Waals surface area (Å²) in [5.74, 6) is 1.37. The Bertz CT molecular complexity index is 647. The molecule has 3 N–H and O–H groups in total. The van der Waals surface area contributed by atoms with Crippen LogP contribution in [0.5, 0.6) is 0 Å². The van der Waals surface area contributed by atoms with Gasteiger partial charge in [0.1, 0.15) is 5.76 Å². The molecule has 1 aliphatic heterocycles. The number of rotatable bonds is 4. The highest BCUT2D eigenvalue weighted by atomic mass is 16.5. The second-order valence-corrected chi connectivity index (χ2v) is 7.74. The first kappa shape index (κ1) is 16.6. The number of carbonyl (C=O) groups excluding carboxylic acids is 2. The van der Waals surface area contributed by atoms with Crippen LogP contribution >= 0.6 is 0 Å². The van der Waals surface area contributed by atoms with Crippen molar-refractivity contribution in [2.75, 3.05) is 13.1 Å². The molecule has 7 nitrogen and oxygen atoms in total. The van der Waals surface area contributed by atoms with Crippen LogP contribution in [0.2, 0.25) is 0 Å². The molecule has 3 aliphatic rings. The molecule has 7 heteroatoms. The van der Waals surface area contributed by atoms with Crippen LogP contribution in [0.3, 0.4) is 0 Å². The van der Waals surface area contributed by atoms with Gasteiger partial charge in [-0.1, -0.05) is 5.16 Å². The molecule has 0 spiro atoms. The Hall–Kier alpha value is -1.89. The van der Waals surface area contributed by atoms with Crippen LogP contribution in [0.1, 0.15) is 67.1 Å². The number of likely N-dealkylation sites (tertiary alicyclic amines) is 1. The largest absolute Gasteiger partial charge is 0.360 e. The van der Waals surface area contributed by atoms with E-state index in [4.69, 9.17) is 10.3 Å². The van der Waals surface area contributed by atoms with E-state index in [-0.39, 0.29) is 29.8 Å². The number of hydrogen-bond donors (Lipinski definition) is 2. The highest BCUT2D eigenvalue weighted by Gasteiger charge is 2.34. The van der Waals surface area contributed by atoms with Gasteiger partial charge in [0.25, 0.3) is 5.91 Å². The lowest BCUT2D eigenvalue weighted by Crippen LogP contribution is -2.41. The van der Waals surface area contributed by atoms with Crippen LogP contribution < -0.4 is 11.1 Å². The van der Waals surface area contributed by atoms with Gasteiger partial charge in [-0.15, -0.1) is 0 Å². The molecule has 1 atom stereocenters. The van der Waals surface area contributed by atoms with Gasteiger partial charge in [-0.05, 0) is 44.9 Å². The minimum atomic E-state index is -0.210. The van der Waals surface area contributed by atoms with Gasteiger partial charge < -0.3 is 20.5 Å². The average molecular weight is 346 g/mol. The molecule has 2 amide bonds. The van der Waals surface area contributed by atoms with E-state index >= 15 is 0 Å². The summed E-state index contributed by atoms with van der Waals surface area (Å²) in [6.07, 6.45) is 6.65. The molecule has 0 aromatic carbocycles. The van der Waals surface area contributed by atoms with Crippen LogP contribution in [0.15, 0.2) is 10.6 Å². The zero-order valence-corrected chi connectivity index (χ0v) is 14.4. The van der Waals surface area contributed by atoms with Crippen molar-refractivity contribution in [3.05, 3.63) is 17.5 Å². The quantitative estimate of drug-likeness (QED) is 0.858. The Kier molecular flexibility index (Phi) is 4.50. The predicted octanol–water partition coefficient (Wildman–Crippen LogP) is 1.40. The summed E-state index contributed by atoms with van der Waals surface area (Å²) in [4.78, 5) is 26.9. The lowest BCUT2D eigenvalue weighted by Gasteiger charge is -2.28. The van der Waals surface area contributed by atoms with Gasteiger partial charge in [-0.2, -0.15) is 0 Å². The third-order valence-electron chi connectivity index (χ3n) is 5.70. The summed E-state index contributed by atoms with van der Waals surface area (Å²) in [5, 5.41) is 6.86. The number of nitrogens with two attached hydrogens (primary N) is 1. The average Bonchev–Trinajstić information content (AvgIpc) is 3.16. The summed E-state index contributed by atoms with van der Waals surface area (Å²) < 4.78 is 5.24. The molecule has 25 heavy (non-hydrogen) atoms. The predicted molar refractivity (Wildman–Crippen MR) is 90.9 cm³/mol. The second-order valence-electron chi connectivity index (χ2n) is 7.74. The molecule has 1 aromatic heterocycles. The SMILES string of the molecule is N[C@H]1CC[C@H](C(=O)N2CC[C@H](NC(=O)c3cc(C4CC4)on3)C2)CC1. The number of nitrogens with one attached hydrogen (secondary N) is 1. The van der Waals surface area contributed by atoms with Crippen LogP contribution in [0, 0.1) is 5.92 Å². The number of hydrogen-bond acceptors (Lipinski definition) is 5. The Morgan fingerprint density at radius 2 is 1.92 bits per heavy atom. The van der Waals surface area contributed by atoms with E-state index in [0.717, 1.165) is 50.7 Å². The van der Waals surface area contributed by atoms with Crippen LogP contribution in [0.4, 0.5) is 0 Å². The fraction of sp³-hybridized carbons (Fsp3) is 0.722. The Morgan fingerprint density at radius 1 is 1.16 bits per heavy atom. The molecule has 0 bridgehead atoms. The van der Waals surface area contributed by atoms with Crippen molar-refractivity contribution in [2.45, 2.75) is 62.9 Å². The molecular weight excluding hydrogens is 320 g/mol. The molecular formula is C18H26N4O3. The minimum Gasteiger partial charge on any atom is -0.360 e. The maximum absolute atomic E-state index is 12.6. The molecule has 2 heterocycles. The third kappa shape index (κ3) is 3.71. The van der Waals surface area contributed by atoms with Gasteiger partial charge >= 0.3 is 0 Å². The Morgan fingerprint density at radius 3 is 2.64 bits per heavy atom. The van der Waals surface area contributed by atoms with E-state index in [2.05, 4.69) is 10.5 Å². The van der Waals surface area contributed by atoms with Crippen molar-refractivity contribution in [1.82, 2.24) is 15.4 Å². The lowest BCUT2D eigenvalue weighted by molar-refractivity contribution is -0.135. The third-order valence-corrected chi connectivity index (χ3v) is 5.70. The molecule has 136 valence electrons. The minimum absolute atomic E-state index is 0.0108. The van der Waals surface area contributed by atoms with E-state index in [9.17, 15) is 9.59 Å². The van der Waals surface area contributed by atoms with E-state index < -0.39 is 0 Å². The molecule has 0 unspecified atom stereocenters. The highest BCUT2D eigenvalue weighted by molar-refractivity contribution is 5.92. The summed E-state index contributed by atoms with van der Waals surface area (Å²) >= 11 is 0. The molecule has 4 rings (SSSR count). The van der Waals surface area contributed by atoms with Gasteiger partial charge in [0.2, 0.25) is 5.91 Å². The molecule has 1 aromatic rings. The molecule has 1 saturated heterocycles. The summed E-state index contributed by atoms with van der Waals surface area (Å²) in [5.41, 5.74) is 6.26. The monoisotopic (exact) mass is 346 g/mol. The fourth-order valence-corrected chi connectivity index (χ4v) is 3.92. The number of aromatic nitrogens is 1. The van der Waals surface area contributed by atoms with Gasteiger partial charge in [-0.3, -0.25) is 9.59 Å². The van der Waals surface area contributed by atoms with E-state index in [1.807, 2.05) is 4.90 Å². The van der Waals surface area contributed by atoms with Gasteiger partial charge in [0, 0.05) is 43.1 Å².